The zero-order chi connectivity index (χ0) is 16.1. The summed E-state index contributed by atoms with van der Waals surface area (Å²) in [6, 6.07) is 0.235. The Kier molecular flexibility index (Phi) is 5.51. The summed E-state index contributed by atoms with van der Waals surface area (Å²) in [7, 11) is 1.40. The number of nitrogens with one attached hydrogen (secondary N) is 1. The molecule has 0 amide bonds. The summed E-state index contributed by atoms with van der Waals surface area (Å²) < 4.78 is 5.13. The van der Waals surface area contributed by atoms with Gasteiger partial charge in [0.1, 0.15) is 5.82 Å². The van der Waals surface area contributed by atoms with Gasteiger partial charge in [0.2, 0.25) is 5.82 Å². The number of aromatic nitrogens is 2. The van der Waals surface area contributed by atoms with Crippen LogP contribution in [0.3, 0.4) is 0 Å². The van der Waals surface area contributed by atoms with Crippen molar-refractivity contribution < 1.29 is 9.66 Å². The van der Waals surface area contributed by atoms with Gasteiger partial charge < -0.3 is 10.1 Å². The molecule has 7 nitrogen and oxygen atoms in total. The first-order valence-electron chi connectivity index (χ1n) is 7.87. The van der Waals surface area contributed by atoms with E-state index in [-0.39, 0.29) is 17.6 Å². The van der Waals surface area contributed by atoms with Crippen LogP contribution in [0.25, 0.3) is 0 Å². The number of methoxy groups -OCH3 is 1. The average Bonchev–Trinajstić information content (AvgIpc) is 2.46. The minimum Gasteiger partial charge on any atom is -0.476 e. The molecule has 1 N–H and O–H groups in total. The van der Waals surface area contributed by atoms with Gasteiger partial charge in [-0.15, -0.1) is 0 Å². The Balaban J connectivity index is 2.35. The number of nitrogens with zero attached hydrogens (tertiary/aromatic N) is 3. The number of rotatable bonds is 6. The third-order valence-electron chi connectivity index (χ3n) is 3.81. The van der Waals surface area contributed by atoms with Crippen molar-refractivity contribution in [3.05, 3.63) is 15.9 Å². The van der Waals surface area contributed by atoms with E-state index in [4.69, 9.17) is 4.74 Å². The van der Waals surface area contributed by atoms with E-state index < -0.39 is 4.92 Å². The largest absolute Gasteiger partial charge is 0.476 e. The number of nitro groups is 1. The summed E-state index contributed by atoms with van der Waals surface area (Å²) in [5.74, 6) is 1.28. The lowest BCUT2D eigenvalue weighted by molar-refractivity contribution is -0.385. The first-order valence-corrected chi connectivity index (χ1v) is 7.87. The molecule has 0 radical (unpaired) electrons. The van der Waals surface area contributed by atoms with E-state index >= 15 is 0 Å². The highest BCUT2D eigenvalue weighted by Crippen LogP contribution is 2.34. The van der Waals surface area contributed by atoms with Crippen LogP contribution in [0.4, 0.5) is 11.5 Å². The fraction of sp³-hybridized carbons (Fsp3) is 0.733. The lowest BCUT2D eigenvalue weighted by Crippen LogP contribution is -2.24. The van der Waals surface area contributed by atoms with Crippen molar-refractivity contribution in [3.8, 4) is 5.88 Å². The summed E-state index contributed by atoms with van der Waals surface area (Å²) in [4.78, 5) is 19.5. The Morgan fingerprint density at radius 3 is 2.55 bits per heavy atom. The summed E-state index contributed by atoms with van der Waals surface area (Å²) in [5, 5.41) is 14.6. The van der Waals surface area contributed by atoms with Crippen molar-refractivity contribution >= 4 is 11.5 Å². The van der Waals surface area contributed by atoms with Gasteiger partial charge in [-0.25, -0.2) is 4.98 Å². The summed E-state index contributed by atoms with van der Waals surface area (Å²) >= 11 is 0. The van der Waals surface area contributed by atoms with Gasteiger partial charge in [-0.05, 0) is 18.8 Å². The van der Waals surface area contributed by atoms with Crippen LogP contribution in [0.15, 0.2) is 0 Å². The topological polar surface area (TPSA) is 90.2 Å². The van der Waals surface area contributed by atoms with Gasteiger partial charge in [0, 0.05) is 12.5 Å². The van der Waals surface area contributed by atoms with Crippen molar-refractivity contribution in [2.45, 2.75) is 58.4 Å². The Labute approximate surface area is 130 Å². The Bertz CT molecular complexity index is 528. The number of hydrogen-bond acceptors (Lipinski definition) is 6. The van der Waals surface area contributed by atoms with Gasteiger partial charge in [0.05, 0.1) is 12.0 Å². The normalized spacial score (nSPS) is 15.8. The van der Waals surface area contributed by atoms with Crippen molar-refractivity contribution in [2.24, 2.45) is 5.92 Å². The number of hydrogen-bond donors (Lipinski definition) is 1. The second kappa shape index (κ2) is 7.38. The van der Waals surface area contributed by atoms with Crippen LogP contribution in [0.2, 0.25) is 0 Å². The highest BCUT2D eigenvalue weighted by molar-refractivity contribution is 5.62. The predicted molar refractivity (Wildman–Crippen MR) is 84.3 cm³/mol. The monoisotopic (exact) mass is 308 g/mol. The van der Waals surface area contributed by atoms with Gasteiger partial charge in [-0.2, -0.15) is 4.98 Å². The molecule has 0 bridgehead atoms. The minimum absolute atomic E-state index is 0.0361. The average molecular weight is 308 g/mol. The molecule has 0 unspecified atom stereocenters. The van der Waals surface area contributed by atoms with Crippen LogP contribution in [0.1, 0.15) is 51.8 Å². The molecule has 22 heavy (non-hydrogen) atoms. The summed E-state index contributed by atoms with van der Waals surface area (Å²) in [6.45, 7) is 4.12. The molecule has 1 aliphatic carbocycles. The van der Waals surface area contributed by atoms with Crippen molar-refractivity contribution in [1.29, 1.82) is 0 Å². The lowest BCUT2D eigenvalue weighted by atomic mass is 9.95. The zero-order valence-electron chi connectivity index (χ0n) is 13.5. The molecule has 1 saturated carbocycles. The second-order valence-corrected chi connectivity index (χ2v) is 6.18. The second-order valence-electron chi connectivity index (χ2n) is 6.18. The minimum atomic E-state index is -0.469. The van der Waals surface area contributed by atoms with Crippen molar-refractivity contribution in [3.63, 3.8) is 0 Å². The van der Waals surface area contributed by atoms with E-state index in [0.29, 0.717) is 24.0 Å². The standard InChI is InChI=1S/C15H24N4O3/c1-10(2)9-12-17-14(16-11-7-5-4-6-8-11)13(19(20)21)15(18-12)22-3/h10-11H,4-9H2,1-3H3,(H,16,17,18). The van der Waals surface area contributed by atoms with E-state index in [1.165, 1.54) is 13.5 Å². The highest BCUT2D eigenvalue weighted by Gasteiger charge is 2.28. The quantitative estimate of drug-likeness (QED) is 0.640. The number of ether oxygens (including phenoxy) is 1. The molecule has 0 atom stereocenters. The molecule has 0 aliphatic heterocycles. The lowest BCUT2D eigenvalue weighted by Gasteiger charge is -2.23. The molecule has 1 aromatic heterocycles. The predicted octanol–water partition coefficient (Wildman–Crippen LogP) is 3.34. The maximum atomic E-state index is 11.4. The van der Waals surface area contributed by atoms with E-state index in [1.807, 2.05) is 0 Å². The Morgan fingerprint density at radius 2 is 2.00 bits per heavy atom. The molecule has 0 aromatic carbocycles. The molecule has 1 heterocycles. The molecule has 0 spiro atoms. The molecule has 7 heteroatoms. The zero-order valence-corrected chi connectivity index (χ0v) is 13.5. The highest BCUT2D eigenvalue weighted by atomic mass is 16.6. The van der Waals surface area contributed by atoms with Gasteiger partial charge >= 0.3 is 5.69 Å². The molecule has 0 saturated heterocycles. The molecule has 1 fully saturated rings. The molecule has 1 aromatic rings. The molecular weight excluding hydrogens is 284 g/mol. The van der Waals surface area contributed by atoms with E-state index in [1.54, 1.807) is 0 Å². The molecular formula is C15H24N4O3. The van der Waals surface area contributed by atoms with E-state index in [2.05, 4.69) is 29.1 Å². The maximum absolute atomic E-state index is 11.4. The van der Waals surface area contributed by atoms with Crippen molar-refractivity contribution in [2.75, 3.05) is 12.4 Å². The summed E-state index contributed by atoms with van der Waals surface area (Å²) in [5.41, 5.74) is -0.166. The van der Waals surface area contributed by atoms with Gasteiger partial charge in [-0.1, -0.05) is 33.1 Å². The SMILES string of the molecule is COc1nc(CC(C)C)nc(NC2CCCCC2)c1[N+](=O)[O-]. The van der Waals surface area contributed by atoms with Crippen molar-refractivity contribution in [1.82, 2.24) is 9.97 Å². The van der Waals surface area contributed by atoms with Gasteiger partial charge in [-0.3, -0.25) is 10.1 Å². The van der Waals surface area contributed by atoms with Crippen LogP contribution in [0.5, 0.6) is 5.88 Å². The first kappa shape index (κ1) is 16.5. The Morgan fingerprint density at radius 1 is 1.32 bits per heavy atom. The van der Waals surface area contributed by atoms with Crippen LogP contribution in [-0.4, -0.2) is 28.0 Å². The van der Waals surface area contributed by atoms with Gasteiger partial charge in [0.25, 0.3) is 5.88 Å². The third kappa shape index (κ3) is 4.05. The molecule has 1 aliphatic rings. The summed E-state index contributed by atoms with van der Waals surface area (Å²) in [6.07, 6.45) is 6.21. The molecule has 2 rings (SSSR count). The van der Waals surface area contributed by atoms with Crippen LogP contribution in [0, 0.1) is 16.0 Å². The Hall–Kier alpha value is -1.92. The van der Waals surface area contributed by atoms with E-state index in [0.717, 1.165) is 25.7 Å². The van der Waals surface area contributed by atoms with Crippen LogP contribution >= 0.6 is 0 Å². The maximum Gasteiger partial charge on any atom is 0.372 e. The fourth-order valence-electron chi connectivity index (χ4n) is 2.78. The van der Waals surface area contributed by atoms with E-state index in [9.17, 15) is 10.1 Å². The first-order chi connectivity index (χ1) is 10.5. The third-order valence-corrected chi connectivity index (χ3v) is 3.81. The van der Waals surface area contributed by atoms with Gasteiger partial charge in [0.15, 0.2) is 0 Å². The van der Waals surface area contributed by atoms with Crippen LogP contribution in [-0.2, 0) is 6.42 Å². The fourth-order valence-corrected chi connectivity index (χ4v) is 2.78. The van der Waals surface area contributed by atoms with Crippen LogP contribution < -0.4 is 10.1 Å². The number of anilines is 1. The molecule has 122 valence electrons. The smallest absolute Gasteiger partial charge is 0.372 e.